The first-order chi connectivity index (χ1) is 12.5. The maximum Gasteiger partial charge on any atom is 0.308 e. The van der Waals surface area contributed by atoms with Crippen molar-refractivity contribution in [2.45, 2.75) is 91.4 Å². The van der Waals surface area contributed by atoms with Gasteiger partial charge in [0, 0.05) is 13.8 Å². The molecule has 146 valence electrons. The monoisotopic (exact) mass is 362 g/mol. The van der Waals surface area contributed by atoms with Gasteiger partial charge in [0.05, 0.1) is 0 Å². The van der Waals surface area contributed by atoms with E-state index in [1.165, 1.54) is 65.2 Å². The molecule has 4 heteroatoms. The molecular formula is C22H34O4. The highest BCUT2D eigenvalue weighted by molar-refractivity contribution is 5.74. The SMILES string of the molecule is CCCCCCCCCCCCc1cccc(OC(C)=O)c1OC(C)=O. The van der Waals surface area contributed by atoms with Crippen LogP contribution in [0.1, 0.15) is 90.5 Å². The van der Waals surface area contributed by atoms with Crippen LogP contribution in [0.25, 0.3) is 0 Å². The molecule has 0 N–H and O–H groups in total. The van der Waals surface area contributed by atoms with E-state index in [0.29, 0.717) is 11.5 Å². The molecule has 0 amide bonds. The second-order valence-electron chi connectivity index (χ2n) is 6.86. The molecule has 0 radical (unpaired) electrons. The van der Waals surface area contributed by atoms with Gasteiger partial charge >= 0.3 is 11.9 Å². The second kappa shape index (κ2) is 13.4. The van der Waals surface area contributed by atoms with Crippen molar-refractivity contribution >= 4 is 11.9 Å². The van der Waals surface area contributed by atoms with Gasteiger partial charge in [0.15, 0.2) is 11.5 Å². The lowest BCUT2D eigenvalue weighted by atomic mass is 10.0. The minimum absolute atomic E-state index is 0.317. The number of ether oxygens (including phenoxy) is 2. The summed E-state index contributed by atoms with van der Waals surface area (Å²) in [6.07, 6.45) is 13.6. The molecule has 26 heavy (non-hydrogen) atoms. The van der Waals surface area contributed by atoms with E-state index in [2.05, 4.69) is 6.92 Å². The number of hydrogen-bond acceptors (Lipinski definition) is 4. The van der Waals surface area contributed by atoms with Crippen LogP contribution in [0.4, 0.5) is 0 Å². The third kappa shape index (κ3) is 9.59. The van der Waals surface area contributed by atoms with Gasteiger partial charge in [0.2, 0.25) is 0 Å². The first kappa shape index (κ1) is 22.2. The molecule has 0 aliphatic rings. The first-order valence-electron chi connectivity index (χ1n) is 10.0. The van der Waals surface area contributed by atoms with Crippen LogP contribution in [0.3, 0.4) is 0 Å². The van der Waals surface area contributed by atoms with E-state index in [1.807, 2.05) is 12.1 Å². The predicted molar refractivity (Wildman–Crippen MR) is 105 cm³/mol. The summed E-state index contributed by atoms with van der Waals surface area (Å²) in [6.45, 7) is 4.94. The highest BCUT2D eigenvalue weighted by atomic mass is 16.6. The van der Waals surface area contributed by atoms with Crippen molar-refractivity contribution in [1.82, 2.24) is 0 Å². The number of aryl methyl sites for hydroxylation is 1. The fourth-order valence-corrected chi connectivity index (χ4v) is 3.06. The zero-order chi connectivity index (χ0) is 19.2. The molecule has 0 atom stereocenters. The normalized spacial score (nSPS) is 10.6. The zero-order valence-electron chi connectivity index (χ0n) is 16.6. The molecule has 0 aliphatic carbocycles. The lowest BCUT2D eigenvalue weighted by molar-refractivity contribution is -0.134. The van der Waals surface area contributed by atoms with Crippen molar-refractivity contribution in [1.29, 1.82) is 0 Å². The Kier molecular flexibility index (Phi) is 11.4. The fraction of sp³-hybridized carbons (Fsp3) is 0.636. The first-order valence-corrected chi connectivity index (χ1v) is 10.0. The van der Waals surface area contributed by atoms with Crippen molar-refractivity contribution in [3.05, 3.63) is 23.8 Å². The molecule has 0 saturated heterocycles. The van der Waals surface area contributed by atoms with Crippen molar-refractivity contribution < 1.29 is 19.1 Å². The topological polar surface area (TPSA) is 52.6 Å². The van der Waals surface area contributed by atoms with Crippen LogP contribution in [0.15, 0.2) is 18.2 Å². The van der Waals surface area contributed by atoms with Gasteiger partial charge in [-0.3, -0.25) is 9.59 Å². The van der Waals surface area contributed by atoms with Crippen LogP contribution in [0, 0.1) is 0 Å². The summed E-state index contributed by atoms with van der Waals surface area (Å²) in [7, 11) is 0. The van der Waals surface area contributed by atoms with Gasteiger partial charge in [-0.1, -0.05) is 76.8 Å². The summed E-state index contributed by atoms with van der Waals surface area (Å²) in [5, 5.41) is 0. The maximum atomic E-state index is 11.4. The molecule has 0 aliphatic heterocycles. The Morgan fingerprint density at radius 2 is 1.31 bits per heavy atom. The van der Waals surface area contributed by atoms with E-state index in [9.17, 15) is 9.59 Å². The van der Waals surface area contributed by atoms with Crippen molar-refractivity contribution in [3.63, 3.8) is 0 Å². The van der Waals surface area contributed by atoms with Gasteiger partial charge < -0.3 is 9.47 Å². The summed E-state index contributed by atoms with van der Waals surface area (Å²) < 4.78 is 10.5. The van der Waals surface area contributed by atoms with Crippen LogP contribution < -0.4 is 9.47 Å². The van der Waals surface area contributed by atoms with Crippen molar-refractivity contribution in [2.75, 3.05) is 0 Å². The number of hydrogen-bond donors (Lipinski definition) is 0. The Morgan fingerprint density at radius 1 is 0.769 bits per heavy atom. The van der Waals surface area contributed by atoms with Gasteiger partial charge in [-0.25, -0.2) is 0 Å². The van der Waals surface area contributed by atoms with Gasteiger partial charge in [0.1, 0.15) is 0 Å². The summed E-state index contributed by atoms with van der Waals surface area (Å²) in [5.41, 5.74) is 0.915. The molecule has 0 heterocycles. The molecule has 0 unspecified atom stereocenters. The third-order valence-corrected chi connectivity index (χ3v) is 4.36. The minimum atomic E-state index is -0.422. The van der Waals surface area contributed by atoms with E-state index in [4.69, 9.17) is 9.47 Å². The fourth-order valence-electron chi connectivity index (χ4n) is 3.06. The van der Waals surface area contributed by atoms with E-state index < -0.39 is 11.9 Å². The Balaban J connectivity index is 2.39. The Bertz CT molecular complexity index is 551. The van der Waals surface area contributed by atoms with Gasteiger partial charge in [-0.15, -0.1) is 0 Å². The molecular weight excluding hydrogens is 328 g/mol. The zero-order valence-corrected chi connectivity index (χ0v) is 16.6. The molecule has 0 aromatic heterocycles. The number of rotatable bonds is 13. The molecule has 0 bridgehead atoms. The standard InChI is InChI=1S/C22H34O4/c1-4-5-6-7-8-9-10-11-12-13-15-20-16-14-17-21(25-18(2)23)22(20)26-19(3)24/h14,16-17H,4-13,15H2,1-3H3. The molecule has 1 rings (SSSR count). The summed E-state index contributed by atoms with van der Waals surface area (Å²) >= 11 is 0. The smallest absolute Gasteiger partial charge is 0.308 e. The van der Waals surface area contributed by atoms with Crippen LogP contribution >= 0.6 is 0 Å². The lowest BCUT2D eigenvalue weighted by Gasteiger charge is -2.13. The number of esters is 2. The predicted octanol–water partition coefficient (Wildman–Crippen LogP) is 6.00. The summed E-state index contributed by atoms with van der Waals surface area (Å²) in [4.78, 5) is 22.6. The molecule has 0 fully saturated rings. The number of carbonyl (C=O) groups excluding carboxylic acids is 2. The average molecular weight is 363 g/mol. The largest absolute Gasteiger partial charge is 0.423 e. The number of para-hydroxylation sites is 1. The van der Waals surface area contributed by atoms with Gasteiger partial charge in [-0.2, -0.15) is 0 Å². The van der Waals surface area contributed by atoms with Gasteiger partial charge in [0.25, 0.3) is 0 Å². The molecule has 1 aromatic carbocycles. The van der Waals surface area contributed by atoms with Gasteiger partial charge in [-0.05, 0) is 24.5 Å². The lowest BCUT2D eigenvalue weighted by Crippen LogP contribution is -2.09. The Morgan fingerprint density at radius 3 is 1.85 bits per heavy atom. The third-order valence-electron chi connectivity index (χ3n) is 4.36. The number of unbranched alkanes of at least 4 members (excludes halogenated alkanes) is 9. The van der Waals surface area contributed by atoms with E-state index in [1.54, 1.807) is 6.07 Å². The Hall–Kier alpha value is -1.84. The quantitative estimate of drug-likeness (QED) is 0.245. The summed E-state index contributed by atoms with van der Waals surface area (Å²) in [6, 6.07) is 5.41. The number of carbonyl (C=O) groups is 2. The Labute approximate surface area is 158 Å². The van der Waals surface area contributed by atoms with Crippen LogP contribution in [0.2, 0.25) is 0 Å². The van der Waals surface area contributed by atoms with Crippen molar-refractivity contribution in [3.8, 4) is 11.5 Å². The van der Waals surface area contributed by atoms with Crippen LogP contribution in [0.5, 0.6) is 11.5 Å². The van der Waals surface area contributed by atoms with Crippen LogP contribution in [-0.2, 0) is 16.0 Å². The van der Waals surface area contributed by atoms with E-state index in [0.717, 1.165) is 24.8 Å². The maximum absolute atomic E-state index is 11.4. The van der Waals surface area contributed by atoms with E-state index in [-0.39, 0.29) is 0 Å². The molecule has 4 nitrogen and oxygen atoms in total. The summed E-state index contributed by atoms with van der Waals surface area (Å²) in [5.74, 6) is -0.133. The minimum Gasteiger partial charge on any atom is -0.423 e. The second-order valence-corrected chi connectivity index (χ2v) is 6.86. The average Bonchev–Trinajstić information content (AvgIpc) is 2.58. The van der Waals surface area contributed by atoms with Crippen LogP contribution in [-0.4, -0.2) is 11.9 Å². The molecule has 1 aromatic rings. The number of benzene rings is 1. The molecule has 0 spiro atoms. The van der Waals surface area contributed by atoms with Crippen molar-refractivity contribution in [2.24, 2.45) is 0 Å². The van der Waals surface area contributed by atoms with E-state index >= 15 is 0 Å². The highest BCUT2D eigenvalue weighted by Gasteiger charge is 2.14. The molecule has 0 saturated carbocycles. The highest BCUT2D eigenvalue weighted by Crippen LogP contribution is 2.33.